The van der Waals surface area contributed by atoms with Crippen molar-refractivity contribution in [2.24, 2.45) is 10.2 Å². The van der Waals surface area contributed by atoms with Gasteiger partial charge in [0.25, 0.3) is 11.2 Å². The molecule has 0 fully saturated rings. The number of nitro groups is 1. The quantitative estimate of drug-likeness (QED) is 0.136. The van der Waals surface area contributed by atoms with E-state index in [9.17, 15) is 20.0 Å². The van der Waals surface area contributed by atoms with Crippen LogP contribution in [0.1, 0.15) is 0 Å². The van der Waals surface area contributed by atoms with Crippen LogP contribution in [0, 0.1) is 14.9 Å². The first kappa shape index (κ1) is 22.3. The van der Waals surface area contributed by atoms with Crippen LogP contribution in [0.5, 0.6) is 5.88 Å². The van der Waals surface area contributed by atoms with Gasteiger partial charge in [-0.3, -0.25) is 24.0 Å². The number of aromatic nitrogens is 3. The monoisotopic (exact) mass is 502 g/mol. The third kappa shape index (κ3) is 4.11. The number of hydrogen-bond acceptors (Lipinski definition) is 9. The normalized spacial score (nSPS) is 11.3. The third-order valence-electron chi connectivity index (χ3n) is 5.05. The van der Waals surface area contributed by atoms with Gasteiger partial charge in [0.05, 0.1) is 26.5 Å². The average Bonchev–Trinajstić information content (AvgIpc) is 3.27. The molecule has 1 N–H and O–H groups in total. The Labute approximate surface area is 205 Å². The Morgan fingerprint density at radius 2 is 1.57 bits per heavy atom. The second-order valence-electron chi connectivity index (χ2n) is 7.21. The van der Waals surface area contributed by atoms with Crippen molar-refractivity contribution >= 4 is 50.3 Å². The maximum Gasteiger partial charge on any atom is 0.290 e. The average molecular weight is 503 g/mol. The summed E-state index contributed by atoms with van der Waals surface area (Å²) in [5, 5.41) is 30.3. The fraction of sp³-hybridized carbons (Fsp3) is 0. The molecule has 0 amide bonds. The van der Waals surface area contributed by atoms with Gasteiger partial charge in [-0.1, -0.05) is 47.7 Å². The van der Waals surface area contributed by atoms with Crippen LogP contribution in [-0.2, 0) is 0 Å². The fourth-order valence-electron chi connectivity index (χ4n) is 3.44. The zero-order valence-electron chi connectivity index (χ0n) is 17.7. The van der Waals surface area contributed by atoms with Gasteiger partial charge in [0.1, 0.15) is 0 Å². The Hall–Kier alpha value is -4.55. The summed E-state index contributed by atoms with van der Waals surface area (Å²) in [6.07, 6.45) is 0. The first-order valence-electron chi connectivity index (χ1n) is 10.1. The molecular weight excluding hydrogens is 488 g/mol. The number of non-ortho nitro benzene ring substituents is 1. The molecule has 0 saturated carbocycles. The summed E-state index contributed by atoms with van der Waals surface area (Å²) in [4.78, 5) is 28.2. The van der Waals surface area contributed by atoms with Crippen molar-refractivity contribution < 1.29 is 10.0 Å². The van der Waals surface area contributed by atoms with E-state index in [0.29, 0.717) is 21.6 Å². The number of benzene rings is 3. The molecule has 0 aliphatic heterocycles. The highest BCUT2D eigenvalue weighted by Gasteiger charge is 2.19. The minimum absolute atomic E-state index is 0.0520. The molecule has 0 spiro atoms. The minimum Gasteiger partial charge on any atom is -0.492 e. The van der Waals surface area contributed by atoms with Crippen molar-refractivity contribution in [3.63, 3.8) is 0 Å². The largest absolute Gasteiger partial charge is 0.492 e. The minimum atomic E-state index is -0.661. The highest BCUT2D eigenvalue weighted by molar-refractivity contribution is 7.71. The molecule has 5 aromatic rings. The zero-order chi connectivity index (χ0) is 24.5. The lowest BCUT2D eigenvalue weighted by Crippen LogP contribution is -2.23. The van der Waals surface area contributed by atoms with Gasteiger partial charge in [0.15, 0.2) is 4.77 Å². The number of thiazole rings is 1. The molecule has 5 rings (SSSR count). The highest BCUT2D eigenvalue weighted by Crippen LogP contribution is 2.33. The molecule has 3 aromatic carbocycles. The molecule has 0 aliphatic rings. The van der Waals surface area contributed by atoms with E-state index in [2.05, 4.69) is 15.2 Å². The molecule has 35 heavy (non-hydrogen) atoms. The molecule has 0 saturated heterocycles. The number of hydrogen-bond donors (Lipinski definition) is 1. The predicted octanol–water partition coefficient (Wildman–Crippen LogP) is 6.00. The Kier molecular flexibility index (Phi) is 5.73. The lowest BCUT2D eigenvalue weighted by atomic mass is 10.3. The van der Waals surface area contributed by atoms with Crippen molar-refractivity contribution in [2.75, 3.05) is 0 Å². The Balaban J connectivity index is 1.69. The first-order chi connectivity index (χ1) is 16.9. The number of azo groups is 1. The second-order valence-corrected chi connectivity index (χ2v) is 8.58. The summed E-state index contributed by atoms with van der Waals surface area (Å²) < 4.78 is 3.19. The molecule has 0 unspecified atom stereocenters. The van der Waals surface area contributed by atoms with Crippen LogP contribution in [0.4, 0.5) is 16.5 Å². The number of para-hydroxylation sites is 2. The second kappa shape index (κ2) is 9.00. The van der Waals surface area contributed by atoms with E-state index in [0.717, 1.165) is 11.3 Å². The van der Waals surface area contributed by atoms with Gasteiger partial charge in [-0.25, -0.2) is 4.98 Å². The van der Waals surface area contributed by atoms with Crippen LogP contribution in [0.25, 0.3) is 21.6 Å². The van der Waals surface area contributed by atoms with Crippen molar-refractivity contribution in [3.05, 3.63) is 104 Å². The van der Waals surface area contributed by atoms with Crippen LogP contribution in [0.15, 0.2) is 93.9 Å². The van der Waals surface area contributed by atoms with Gasteiger partial charge in [0, 0.05) is 12.1 Å². The van der Waals surface area contributed by atoms with Crippen LogP contribution in [0.2, 0.25) is 0 Å². The smallest absolute Gasteiger partial charge is 0.290 e. The molecule has 0 radical (unpaired) electrons. The molecule has 10 nitrogen and oxygen atoms in total. The van der Waals surface area contributed by atoms with Crippen LogP contribution >= 0.6 is 23.6 Å². The molecule has 172 valence electrons. The molecule has 2 aromatic heterocycles. The van der Waals surface area contributed by atoms with Crippen molar-refractivity contribution in [1.29, 1.82) is 0 Å². The van der Waals surface area contributed by atoms with Crippen molar-refractivity contribution in [1.82, 2.24) is 14.1 Å². The number of fused-ring (bicyclic) bond motifs is 1. The number of nitro benzene ring substituents is 1. The summed E-state index contributed by atoms with van der Waals surface area (Å²) in [5.41, 5.74) is 0.459. The molecule has 0 aliphatic carbocycles. The van der Waals surface area contributed by atoms with Gasteiger partial charge in [-0.05, 0) is 42.5 Å². The fourth-order valence-corrected chi connectivity index (χ4v) is 4.64. The van der Waals surface area contributed by atoms with Crippen molar-refractivity contribution in [3.8, 4) is 17.3 Å². The molecule has 0 bridgehead atoms. The van der Waals surface area contributed by atoms with Gasteiger partial charge >= 0.3 is 0 Å². The Morgan fingerprint density at radius 1 is 0.943 bits per heavy atom. The van der Waals surface area contributed by atoms with Gasteiger partial charge in [-0.15, -0.1) is 10.2 Å². The summed E-state index contributed by atoms with van der Waals surface area (Å²) in [6.45, 7) is 0. The molecule has 2 heterocycles. The topological polar surface area (TPSA) is 128 Å². The van der Waals surface area contributed by atoms with Gasteiger partial charge in [0.2, 0.25) is 16.7 Å². The lowest BCUT2D eigenvalue weighted by molar-refractivity contribution is -0.384. The molecule has 12 heteroatoms. The summed E-state index contributed by atoms with van der Waals surface area (Å²) >= 11 is 6.64. The third-order valence-corrected chi connectivity index (χ3v) is 6.32. The number of aromatic hydroxyl groups is 1. The lowest BCUT2D eigenvalue weighted by Gasteiger charge is -2.15. The molecular formula is C23H14N6O4S2. The van der Waals surface area contributed by atoms with E-state index in [4.69, 9.17) is 12.2 Å². The highest BCUT2D eigenvalue weighted by atomic mass is 32.1. The van der Waals surface area contributed by atoms with E-state index in [1.807, 2.05) is 6.07 Å². The summed E-state index contributed by atoms with van der Waals surface area (Å²) in [5.74, 6) is -0.473. The number of nitrogens with zero attached hydrogens (tertiary/aromatic N) is 6. The van der Waals surface area contributed by atoms with E-state index in [-0.39, 0.29) is 21.3 Å². The van der Waals surface area contributed by atoms with E-state index in [1.165, 1.54) is 27.3 Å². The summed E-state index contributed by atoms with van der Waals surface area (Å²) in [7, 11) is 0. The van der Waals surface area contributed by atoms with Crippen LogP contribution in [0.3, 0.4) is 0 Å². The maximum absolute atomic E-state index is 13.4. The first-order valence-corrected chi connectivity index (χ1v) is 11.3. The van der Waals surface area contributed by atoms with Crippen molar-refractivity contribution in [2.45, 2.75) is 0 Å². The maximum atomic E-state index is 13.4. The van der Waals surface area contributed by atoms with E-state index < -0.39 is 16.4 Å². The van der Waals surface area contributed by atoms with Crippen LogP contribution < -0.4 is 5.56 Å². The van der Waals surface area contributed by atoms with Crippen LogP contribution in [-0.4, -0.2) is 24.1 Å². The Morgan fingerprint density at radius 3 is 2.20 bits per heavy atom. The van der Waals surface area contributed by atoms with E-state index in [1.54, 1.807) is 54.6 Å². The number of rotatable bonds is 5. The standard InChI is InChI=1S/C23H14N6O4S2/c30-20-19(25-26-22-24-17-12-11-16(29(32)33)13-18(17)35-22)21(31)28(15-9-5-2-6-10-15)23(34)27(20)14-7-3-1-4-8-14/h1-13,30H. The van der Waals surface area contributed by atoms with E-state index >= 15 is 0 Å². The van der Waals surface area contributed by atoms with Gasteiger partial charge < -0.3 is 5.11 Å². The predicted molar refractivity (Wildman–Crippen MR) is 134 cm³/mol. The molecule has 0 atom stereocenters. The Bertz CT molecular complexity index is 1730. The summed E-state index contributed by atoms with van der Waals surface area (Å²) in [6, 6.07) is 21.8. The zero-order valence-corrected chi connectivity index (χ0v) is 19.3. The SMILES string of the molecule is O=c1c(N=Nc2nc3ccc([N+](=O)[O-])cc3s2)c(O)n(-c2ccccc2)c(=S)n1-c1ccccc1. The van der Waals surface area contributed by atoms with Gasteiger partial charge in [-0.2, -0.15) is 0 Å².